The third kappa shape index (κ3) is 6.34. The fourth-order valence-corrected chi connectivity index (χ4v) is 5.31. The summed E-state index contributed by atoms with van der Waals surface area (Å²) in [5, 5.41) is 15.8. The van der Waals surface area contributed by atoms with E-state index in [0.717, 1.165) is 23.3 Å². The Morgan fingerprint density at radius 1 is 1.22 bits per heavy atom. The van der Waals surface area contributed by atoms with Crippen LogP contribution in [-0.2, 0) is 19.1 Å². The number of nitrogens with one attached hydrogen (secondary N) is 2. The number of ether oxygens (including phenoxy) is 2. The van der Waals surface area contributed by atoms with Crippen LogP contribution in [0.25, 0.3) is 0 Å². The summed E-state index contributed by atoms with van der Waals surface area (Å²) in [6.07, 6.45) is 0. The normalized spacial score (nSPS) is 17.2. The van der Waals surface area contributed by atoms with Gasteiger partial charge in [0.25, 0.3) is 0 Å². The zero-order valence-electron chi connectivity index (χ0n) is 19.1. The van der Waals surface area contributed by atoms with Gasteiger partial charge in [-0.15, -0.1) is 0 Å². The molecule has 0 radical (unpaired) electrons. The van der Waals surface area contributed by atoms with Crippen molar-refractivity contribution in [2.45, 2.75) is 12.8 Å². The Morgan fingerprint density at radius 3 is 2.42 bits per heavy atom. The number of allylic oxidation sites excluding steroid dienone is 1. The summed E-state index contributed by atoms with van der Waals surface area (Å²) in [4.78, 5) is 38.1. The molecular weight excluding hydrogens is 593 g/mol. The van der Waals surface area contributed by atoms with Crippen LogP contribution >= 0.6 is 50.9 Å². The highest BCUT2D eigenvalue weighted by Crippen LogP contribution is 2.44. The number of nitrogens with zero attached hydrogens (tertiary/aromatic N) is 1. The van der Waals surface area contributed by atoms with E-state index in [0.29, 0.717) is 17.9 Å². The molecule has 0 saturated carbocycles. The minimum Gasteiger partial charge on any atom is -0.491 e. The third-order valence-corrected chi connectivity index (χ3v) is 7.24. The molecule has 0 unspecified atom stereocenters. The number of benzene rings is 2. The lowest BCUT2D eigenvalue weighted by Gasteiger charge is -2.31. The molecule has 1 aliphatic heterocycles. The molecule has 0 saturated heterocycles. The molecule has 0 spiro atoms. The molecule has 1 aliphatic rings. The van der Waals surface area contributed by atoms with Gasteiger partial charge in [-0.05, 0) is 48.9 Å². The van der Waals surface area contributed by atoms with E-state index in [2.05, 4.69) is 32.6 Å². The van der Waals surface area contributed by atoms with Gasteiger partial charge in [-0.3, -0.25) is 14.4 Å². The molecule has 2 amide bonds. The quantitative estimate of drug-likeness (QED) is 0.308. The summed E-state index contributed by atoms with van der Waals surface area (Å²) in [6.45, 7) is 2.09. The first-order valence-electron chi connectivity index (χ1n) is 10.5. The van der Waals surface area contributed by atoms with Crippen LogP contribution in [0, 0.1) is 17.2 Å². The van der Waals surface area contributed by atoms with Crippen LogP contribution in [0.2, 0.25) is 10.0 Å². The largest absolute Gasteiger partial charge is 0.491 e. The molecular formula is C24H20BrCl2N3O5S. The minimum absolute atomic E-state index is 0.0720. The van der Waals surface area contributed by atoms with Gasteiger partial charge in [0, 0.05) is 16.1 Å². The average molecular weight is 613 g/mol. The van der Waals surface area contributed by atoms with Crippen LogP contribution in [0.3, 0.4) is 0 Å². The van der Waals surface area contributed by atoms with E-state index >= 15 is 0 Å². The molecule has 8 nitrogen and oxygen atoms in total. The topological polar surface area (TPSA) is 118 Å². The molecule has 0 aliphatic carbocycles. The zero-order chi connectivity index (χ0) is 26.4. The molecule has 0 aromatic heterocycles. The Bertz CT molecular complexity index is 1240. The van der Waals surface area contributed by atoms with Crippen LogP contribution in [0.4, 0.5) is 5.69 Å². The number of methoxy groups -OCH3 is 1. The molecule has 2 aromatic rings. The smallest absolute Gasteiger partial charge is 0.319 e. The Labute approximate surface area is 230 Å². The van der Waals surface area contributed by atoms with Crippen molar-refractivity contribution in [2.24, 2.45) is 5.92 Å². The van der Waals surface area contributed by atoms with Crippen LogP contribution in [0.1, 0.15) is 18.4 Å². The van der Waals surface area contributed by atoms with Crippen molar-refractivity contribution in [3.8, 4) is 11.8 Å². The fourth-order valence-electron chi connectivity index (χ4n) is 3.59. The monoisotopic (exact) mass is 611 g/mol. The minimum atomic E-state index is -1.37. The second-order valence-electron chi connectivity index (χ2n) is 7.41. The molecule has 2 atom stereocenters. The summed E-state index contributed by atoms with van der Waals surface area (Å²) >= 11 is 17.0. The van der Waals surface area contributed by atoms with Crippen molar-refractivity contribution in [1.82, 2.24) is 5.32 Å². The summed E-state index contributed by atoms with van der Waals surface area (Å²) in [7, 11) is 1.15. The second-order valence-corrected chi connectivity index (χ2v) is 10.1. The van der Waals surface area contributed by atoms with Gasteiger partial charge in [-0.2, -0.15) is 5.26 Å². The number of halogens is 3. The van der Waals surface area contributed by atoms with Crippen molar-refractivity contribution in [3.05, 3.63) is 67.1 Å². The Kier molecular flexibility index (Phi) is 9.68. The molecule has 1 heterocycles. The molecule has 0 bridgehead atoms. The van der Waals surface area contributed by atoms with E-state index in [9.17, 15) is 19.6 Å². The number of esters is 1. The SMILES string of the molecule is CCOc1c(Cl)cc([C@@H]2C(C#N)=C(SCC(=O)Nc3ccc(Br)cc3)NC(=O)[C@H]2C(=O)OC)cc1Cl. The first kappa shape index (κ1) is 27.9. The number of thioether (sulfide) groups is 1. The maximum atomic E-state index is 13.0. The molecule has 12 heteroatoms. The first-order valence-corrected chi connectivity index (χ1v) is 13.1. The van der Waals surface area contributed by atoms with Gasteiger partial charge in [-0.25, -0.2) is 0 Å². The summed E-state index contributed by atoms with van der Waals surface area (Å²) in [5.74, 6) is -4.11. The molecule has 0 fully saturated rings. The van der Waals surface area contributed by atoms with Crippen LogP contribution in [0.5, 0.6) is 5.75 Å². The number of rotatable bonds is 8. The second kappa shape index (κ2) is 12.5. The summed E-state index contributed by atoms with van der Waals surface area (Å²) in [5.41, 5.74) is 1.02. The van der Waals surface area contributed by atoms with Gasteiger partial charge in [0.15, 0.2) is 5.75 Å². The highest BCUT2D eigenvalue weighted by atomic mass is 79.9. The van der Waals surface area contributed by atoms with E-state index in [1.54, 1.807) is 31.2 Å². The number of carbonyl (C=O) groups is 3. The van der Waals surface area contributed by atoms with Crippen molar-refractivity contribution < 1.29 is 23.9 Å². The van der Waals surface area contributed by atoms with Crippen molar-refractivity contribution in [2.75, 3.05) is 24.8 Å². The maximum absolute atomic E-state index is 13.0. The molecule has 2 N–H and O–H groups in total. The number of nitriles is 1. The van der Waals surface area contributed by atoms with E-state index in [1.165, 1.54) is 12.1 Å². The van der Waals surface area contributed by atoms with E-state index < -0.39 is 23.7 Å². The Morgan fingerprint density at radius 2 is 1.86 bits per heavy atom. The van der Waals surface area contributed by atoms with Crippen LogP contribution in [0.15, 0.2) is 51.5 Å². The van der Waals surface area contributed by atoms with Gasteiger partial charge >= 0.3 is 5.97 Å². The predicted octanol–water partition coefficient (Wildman–Crippen LogP) is 5.26. The lowest BCUT2D eigenvalue weighted by atomic mass is 9.78. The predicted molar refractivity (Wildman–Crippen MR) is 142 cm³/mol. The maximum Gasteiger partial charge on any atom is 0.319 e. The number of hydrogen-bond acceptors (Lipinski definition) is 7. The Balaban J connectivity index is 1.96. The van der Waals surface area contributed by atoms with E-state index in [-0.39, 0.29) is 38.1 Å². The molecule has 3 rings (SSSR count). The van der Waals surface area contributed by atoms with Crippen LogP contribution < -0.4 is 15.4 Å². The van der Waals surface area contributed by atoms with Gasteiger partial charge in [0.1, 0.15) is 5.92 Å². The van der Waals surface area contributed by atoms with Crippen molar-refractivity contribution in [3.63, 3.8) is 0 Å². The summed E-state index contributed by atoms with van der Waals surface area (Å²) in [6, 6.07) is 12.1. The fraction of sp³-hybridized carbons (Fsp3) is 0.250. The number of carbonyl (C=O) groups excluding carboxylic acids is 3. The van der Waals surface area contributed by atoms with Gasteiger partial charge in [0.2, 0.25) is 11.8 Å². The van der Waals surface area contributed by atoms with Gasteiger partial charge in [-0.1, -0.05) is 50.9 Å². The molecule has 188 valence electrons. The lowest BCUT2D eigenvalue weighted by Crippen LogP contribution is -2.44. The molecule has 36 heavy (non-hydrogen) atoms. The highest BCUT2D eigenvalue weighted by Gasteiger charge is 2.44. The number of amides is 2. The first-order chi connectivity index (χ1) is 17.2. The standard InChI is InChI=1S/C24H20BrCl2N3O5S/c1-3-35-21-16(26)8-12(9-17(21)27)19-15(10-28)23(30-22(32)20(19)24(33)34-2)36-11-18(31)29-14-6-4-13(25)5-7-14/h4-9,19-20H,3,11H2,1-2H3,(H,29,31)(H,30,32)/t19-,20+/m1/s1. The highest BCUT2D eigenvalue weighted by molar-refractivity contribution is 9.10. The van der Waals surface area contributed by atoms with E-state index in [4.69, 9.17) is 32.7 Å². The van der Waals surface area contributed by atoms with E-state index in [1.807, 2.05) is 0 Å². The third-order valence-electron chi connectivity index (χ3n) is 5.13. The number of hydrogen-bond donors (Lipinski definition) is 2. The lowest BCUT2D eigenvalue weighted by molar-refractivity contribution is -0.150. The molecule has 2 aromatic carbocycles. The number of anilines is 1. The average Bonchev–Trinajstić information content (AvgIpc) is 2.85. The Hall–Kier alpha value is -2.71. The van der Waals surface area contributed by atoms with Crippen molar-refractivity contribution >= 4 is 74.4 Å². The van der Waals surface area contributed by atoms with Crippen molar-refractivity contribution in [1.29, 1.82) is 5.26 Å². The van der Waals surface area contributed by atoms with Gasteiger partial charge < -0.3 is 20.1 Å². The van der Waals surface area contributed by atoms with Gasteiger partial charge in [0.05, 0.1) is 46.2 Å². The van der Waals surface area contributed by atoms with Crippen LogP contribution in [-0.4, -0.2) is 37.3 Å². The summed E-state index contributed by atoms with van der Waals surface area (Å²) < 4.78 is 11.2. The zero-order valence-corrected chi connectivity index (χ0v) is 23.0.